The van der Waals surface area contributed by atoms with E-state index in [2.05, 4.69) is 27.2 Å². The van der Waals surface area contributed by atoms with Gasteiger partial charge < -0.3 is 50.5 Å². The first-order valence-corrected chi connectivity index (χ1v) is 23.7. The molecule has 374 valence electrons. The number of likely N-dealkylation sites (N-methyl/N-ethyl adjacent to an activating group) is 1. The number of cyclic esters (lactones) is 1. The van der Waals surface area contributed by atoms with Gasteiger partial charge in [0.25, 0.3) is 5.72 Å². The van der Waals surface area contributed by atoms with Crippen molar-refractivity contribution in [1.82, 2.24) is 39.7 Å². The van der Waals surface area contributed by atoms with E-state index in [4.69, 9.17) is 35.2 Å². The molecule has 0 spiro atoms. The van der Waals surface area contributed by atoms with Crippen LogP contribution >= 0.6 is 0 Å². The quantitative estimate of drug-likeness (QED) is 0.0592. The summed E-state index contributed by atoms with van der Waals surface area (Å²) in [6, 6.07) is 6.83. The molecule has 68 heavy (non-hydrogen) atoms. The predicted octanol–water partition coefficient (Wildman–Crippen LogP) is 3.57. The van der Waals surface area contributed by atoms with Crippen LogP contribution in [-0.4, -0.2) is 146 Å². The molecule has 20 heteroatoms. The minimum absolute atomic E-state index is 0.0468. The number of hydrogen-bond acceptors (Lipinski definition) is 17. The molecule has 20 nitrogen and oxygen atoms in total. The lowest BCUT2D eigenvalue weighted by atomic mass is 9.78. The summed E-state index contributed by atoms with van der Waals surface area (Å²) in [5, 5.41) is 23.9. The number of unbranched alkanes of at least 4 members (excludes halogenated alkanes) is 1. The number of esters is 1. The molecule has 6 rings (SSSR count). The van der Waals surface area contributed by atoms with E-state index in [1.54, 1.807) is 42.7 Å². The van der Waals surface area contributed by atoms with Gasteiger partial charge in [0, 0.05) is 55.6 Å². The second kappa shape index (κ2) is 22.0. The van der Waals surface area contributed by atoms with Gasteiger partial charge in [-0.05, 0) is 104 Å². The van der Waals surface area contributed by atoms with Gasteiger partial charge in [-0.2, -0.15) is 4.98 Å². The van der Waals surface area contributed by atoms with Crippen molar-refractivity contribution in [2.75, 3.05) is 45.8 Å². The number of methoxy groups -OCH3 is 1. The summed E-state index contributed by atoms with van der Waals surface area (Å²) in [6.07, 6.45) is 1.68. The molecule has 3 aromatic rings. The first kappa shape index (κ1) is 52.1. The summed E-state index contributed by atoms with van der Waals surface area (Å²) >= 11 is 0. The third-order valence-corrected chi connectivity index (χ3v) is 13.9. The Kier molecular flexibility index (Phi) is 16.9. The second-order valence-electron chi connectivity index (χ2n) is 19.2. The number of fused-ring (bicyclic) bond motifs is 1. The van der Waals surface area contributed by atoms with Gasteiger partial charge in [-0.3, -0.25) is 23.7 Å². The number of ether oxygens (including phenoxy) is 5. The van der Waals surface area contributed by atoms with E-state index >= 15 is 0 Å². The molecule has 6 N–H and O–H groups in total. The van der Waals surface area contributed by atoms with Crippen LogP contribution < -0.4 is 22.5 Å². The lowest BCUT2D eigenvalue weighted by molar-refractivity contribution is -0.295. The van der Waals surface area contributed by atoms with Crippen LogP contribution in [0.5, 0.6) is 0 Å². The molecule has 0 radical (unpaired) electrons. The summed E-state index contributed by atoms with van der Waals surface area (Å²) < 4.78 is 35.0. The molecule has 3 fully saturated rings. The number of nitrogens with two attached hydrogens (primary N) is 2. The zero-order valence-corrected chi connectivity index (χ0v) is 40.9. The van der Waals surface area contributed by atoms with Crippen LogP contribution in [-0.2, 0) is 45.5 Å². The fourth-order valence-corrected chi connectivity index (χ4v) is 10.3. The van der Waals surface area contributed by atoms with Gasteiger partial charge in [0.05, 0.1) is 24.0 Å². The molecule has 13 atom stereocenters. The highest BCUT2D eigenvalue weighted by Crippen LogP contribution is 2.43. The zero-order valence-electron chi connectivity index (χ0n) is 40.9. The highest BCUT2D eigenvalue weighted by Gasteiger charge is 2.64. The SMILES string of the molecule is C=CC[C@H]1NC[C@H](C)C[C@@](C)(OC)[C@H](O[C@@H]2O[C@H](C)CC(N(C)C)C2O)[C@@H](C)C(=O)[C@@H](C)C(=O)O[C@H](CC)[C@@]2(n3ccc(N)nc3=O)OC(=O)N(CCCCn3cc(-c4cccc(N)c4)nn3)[C@H]12. The van der Waals surface area contributed by atoms with Crippen LogP contribution in [0.1, 0.15) is 80.1 Å². The lowest BCUT2D eigenvalue weighted by Gasteiger charge is -2.46. The average Bonchev–Trinajstić information content (AvgIpc) is 3.89. The molecule has 0 bridgehead atoms. The van der Waals surface area contributed by atoms with Crippen molar-refractivity contribution in [3.05, 3.63) is 65.9 Å². The van der Waals surface area contributed by atoms with Gasteiger partial charge in [0.15, 0.2) is 18.2 Å². The highest BCUT2D eigenvalue weighted by molar-refractivity contribution is 6.00. The number of nitrogens with one attached hydrogen (secondary N) is 1. The highest BCUT2D eigenvalue weighted by atomic mass is 16.7. The summed E-state index contributed by atoms with van der Waals surface area (Å²) in [6.45, 7) is 15.7. The number of hydrogen-bond donors (Lipinski definition) is 4. The van der Waals surface area contributed by atoms with Crippen LogP contribution in [0.2, 0.25) is 0 Å². The van der Waals surface area contributed by atoms with Crippen molar-refractivity contribution in [2.45, 2.75) is 147 Å². The summed E-state index contributed by atoms with van der Waals surface area (Å²) in [7, 11) is 5.30. The Balaban J connectivity index is 1.39. The Hall–Kier alpha value is -5.25. The van der Waals surface area contributed by atoms with E-state index in [-0.39, 0.29) is 43.3 Å². The molecule has 1 aromatic carbocycles. The number of nitrogens with zero attached hydrogens (tertiary/aromatic N) is 7. The number of carbonyl (C=O) groups is 3. The maximum Gasteiger partial charge on any atom is 0.412 e. The van der Waals surface area contributed by atoms with Gasteiger partial charge in [-0.25, -0.2) is 9.59 Å². The number of aryl methyl sites for hydroxylation is 1. The van der Waals surface area contributed by atoms with Crippen LogP contribution in [0.3, 0.4) is 0 Å². The van der Waals surface area contributed by atoms with E-state index in [0.29, 0.717) is 50.2 Å². The van der Waals surface area contributed by atoms with Gasteiger partial charge in [0.1, 0.15) is 29.6 Å². The molecule has 3 aliphatic heterocycles. The molecule has 5 heterocycles. The van der Waals surface area contributed by atoms with Crippen LogP contribution in [0.25, 0.3) is 11.3 Å². The molecule has 3 saturated heterocycles. The fraction of sp³-hybridized carbons (Fsp3) is 0.646. The molecule has 2 unspecified atom stereocenters. The number of aliphatic hydroxyl groups excluding tert-OH is 1. The Labute approximate surface area is 398 Å². The van der Waals surface area contributed by atoms with Gasteiger partial charge in [0.2, 0.25) is 0 Å². The maximum atomic E-state index is 14.7. The Bertz CT molecular complexity index is 2290. The molecule has 0 aliphatic carbocycles. The van der Waals surface area contributed by atoms with Crippen LogP contribution in [0.4, 0.5) is 16.3 Å². The molecular formula is C48H72N10O10. The van der Waals surface area contributed by atoms with E-state index in [1.807, 2.05) is 64.2 Å². The number of anilines is 2. The number of carbonyl (C=O) groups excluding carboxylic acids is 3. The van der Waals surface area contributed by atoms with E-state index in [0.717, 1.165) is 5.56 Å². The molecular weight excluding hydrogens is 877 g/mol. The Morgan fingerprint density at radius 2 is 1.82 bits per heavy atom. The summed E-state index contributed by atoms with van der Waals surface area (Å²) in [4.78, 5) is 65.5. The largest absolute Gasteiger partial charge is 0.455 e. The van der Waals surface area contributed by atoms with Crippen molar-refractivity contribution in [3.8, 4) is 11.3 Å². The minimum Gasteiger partial charge on any atom is -0.455 e. The third kappa shape index (κ3) is 10.9. The summed E-state index contributed by atoms with van der Waals surface area (Å²) in [5.74, 6) is -4.03. The van der Waals surface area contributed by atoms with Gasteiger partial charge in [-0.1, -0.05) is 44.2 Å². The number of ketones is 1. The number of rotatable bonds is 14. The number of Topliss-reactive ketones (excluding diaryl/α,β-unsaturated/α-hetero) is 1. The zero-order chi connectivity index (χ0) is 49.7. The molecule has 2 aromatic heterocycles. The van der Waals surface area contributed by atoms with E-state index in [9.17, 15) is 24.3 Å². The Morgan fingerprint density at radius 3 is 2.49 bits per heavy atom. The van der Waals surface area contributed by atoms with Crippen molar-refractivity contribution < 1.29 is 43.2 Å². The standard InChI is InChI=1S/C48H72N10O10/c1-11-16-34-41-48(58-22-19-38(50)52-45(58)62,68-46(63)57(41)21-14-13-20-56-27-35(53-54-56)32-17-15-18-33(49)24-32)37(12-2)66-43(61)31(6)39(59)30(5)42(47(7,64-10)25-28(3)26-51-34)67-44-40(60)36(55(8)9)23-29(4)65-44/h11,15,17-19,22,24,27-31,34,36-37,40-42,44,51,60H,1,12-14,16,20-21,23,25-26,49H2,2-10H3,(H2,50,52,62)/t28-,29-,30+,31-,34-,36?,37-,40?,41-,42-,44+,47-,48-/m1/s1. The monoisotopic (exact) mass is 949 g/mol. The normalized spacial score (nSPS) is 33.1. The van der Waals surface area contributed by atoms with Crippen LogP contribution in [0, 0.1) is 17.8 Å². The number of benzene rings is 1. The second-order valence-corrected chi connectivity index (χ2v) is 19.2. The minimum atomic E-state index is -2.02. The first-order chi connectivity index (χ1) is 32.3. The van der Waals surface area contributed by atoms with Crippen molar-refractivity contribution in [2.24, 2.45) is 17.8 Å². The maximum absolute atomic E-state index is 14.7. The van der Waals surface area contributed by atoms with E-state index < -0.39 is 83.4 Å². The number of aliphatic hydroxyl groups is 1. The third-order valence-electron chi connectivity index (χ3n) is 13.9. The smallest absolute Gasteiger partial charge is 0.412 e. The number of amides is 1. The van der Waals surface area contributed by atoms with E-state index in [1.165, 1.54) is 23.8 Å². The topological polar surface area (TPSA) is 254 Å². The van der Waals surface area contributed by atoms with Gasteiger partial charge in [-0.15, -0.1) is 11.7 Å². The summed E-state index contributed by atoms with van der Waals surface area (Å²) in [5.41, 5.74) is 10.1. The van der Waals surface area contributed by atoms with Gasteiger partial charge >= 0.3 is 17.8 Å². The first-order valence-electron chi connectivity index (χ1n) is 23.7. The van der Waals surface area contributed by atoms with Crippen molar-refractivity contribution in [1.29, 1.82) is 0 Å². The average molecular weight is 949 g/mol. The lowest BCUT2D eigenvalue weighted by Crippen LogP contribution is -2.65. The fourth-order valence-electron chi connectivity index (χ4n) is 10.3. The predicted molar refractivity (Wildman–Crippen MR) is 254 cm³/mol. The molecule has 0 saturated carbocycles. The molecule has 1 amide bonds. The van der Waals surface area contributed by atoms with Crippen molar-refractivity contribution >= 4 is 29.4 Å². The Morgan fingerprint density at radius 1 is 1.09 bits per heavy atom. The molecule has 3 aliphatic rings. The van der Waals surface area contributed by atoms with Crippen molar-refractivity contribution in [3.63, 3.8) is 0 Å². The van der Waals surface area contributed by atoms with Crippen LogP contribution in [0.15, 0.2) is 60.2 Å². The number of aromatic nitrogens is 5. The number of nitrogen functional groups attached to an aromatic ring is 2.